The molecular weight excluding hydrogens is 977 g/mol. The first-order chi connectivity index (χ1) is 37.2. The van der Waals surface area contributed by atoms with Crippen LogP contribution in [0.5, 0.6) is 0 Å². The third-order valence-corrected chi connectivity index (χ3v) is 20.7. The molecular formula is C73H72N2OSi2. The van der Waals surface area contributed by atoms with Crippen LogP contribution in [0.2, 0.25) is 39.3 Å². The second-order valence-corrected chi connectivity index (χ2v) is 36.0. The molecule has 0 radical (unpaired) electrons. The molecule has 0 N–H and O–H groups in total. The number of hydrogen-bond acceptors (Lipinski definition) is 3. The van der Waals surface area contributed by atoms with Crippen LogP contribution in [0.15, 0.2) is 223 Å². The average molecular weight is 1050 g/mol. The third kappa shape index (κ3) is 8.54. The van der Waals surface area contributed by atoms with Crippen molar-refractivity contribution in [1.29, 1.82) is 0 Å². The van der Waals surface area contributed by atoms with Crippen molar-refractivity contribution in [2.45, 2.75) is 97.1 Å². The molecule has 78 heavy (non-hydrogen) atoms. The van der Waals surface area contributed by atoms with Gasteiger partial charge in [-0.1, -0.05) is 243 Å². The standard InChI is InChI=1S/C73H72N2OSi2/c1-71(2,3)49-31-35-53(36-32-49)74(55-39-43-57(44-40-55)77(7,8)9)64-47-62-67(60-28-20-19-27-59(60)64)69-63(73(62,51-23-15-13-16-24-51)52-25-17-14-18-26-52)48-65(68-61-29-21-22-30-66(61)76-70(68)69)75(54-37-33-50(34-38-54)72(4,5)6)56-41-45-58(46-42-56)78(10,11)12/h13-48H,1-12H3. The van der Waals surface area contributed by atoms with Gasteiger partial charge < -0.3 is 14.2 Å². The van der Waals surface area contributed by atoms with Gasteiger partial charge in [-0.05, 0) is 122 Å². The predicted molar refractivity (Wildman–Crippen MR) is 341 cm³/mol. The molecule has 1 aliphatic rings. The van der Waals surface area contributed by atoms with Crippen molar-refractivity contribution in [2.24, 2.45) is 0 Å². The average Bonchev–Trinajstić information content (AvgIpc) is 4.03. The van der Waals surface area contributed by atoms with Crippen LogP contribution in [0.25, 0.3) is 43.8 Å². The molecule has 3 nitrogen and oxygen atoms in total. The smallest absolute Gasteiger partial charge is 0.145 e. The molecule has 1 aliphatic carbocycles. The fraction of sp³-hybridized carbons (Fsp3) is 0.205. The summed E-state index contributed by atoms with van der Waals surface area (Å²) in [5.41, 5.74) is 17.3. The van der Waals surface area contributed by atoms with Gasteiger partial charge in [0.05, 0.1) is 38.3 Å². The van der Waals surface area contributed by atoms with Crippen molar-refractivity contribution < 1.29 is 4.42 Å². The zero-order valence-electron chi connectivity index (χ0n) is 47.6. The Bertz CT molecular complexity index is 3860. The lowest BCUT2D eigenvalue weighted by atomic mass is 9.67. The summed E-state index contributed by atoms with van der Waals surface area (Å²) in [6.45, 7) is 28.3. The largest absolute Gasteiger partial charge is 0.455 e. The maximum atomic E-state index is 7.52. The number of anilines is 6. The Balaban J connectivity index is 1.24. The number of furan rings is 1. The highest BCUT2D eigenvalue weighted by Gasteiger charge is 2.50. The van der Waals surface area contributed by atoms with E-state index >= 15 is 0 Å². The molecule has 1 heterocycles. The van der Waals surface area contributed by atoms with Crippen LogP contribution in [0.1, 0.15) is 74.9 Å². The van der Waals surface area contributed by atoms with Gasteiger partial charge in [0.2, 0.25) is 0 Å². The maximum Gasteiger partial charge on any atom is 0.145 e. The van der Waals surface area contributed by atoms with Crippen LogP contribution in [0, 0.1) is 0 Å². The molecule has 0 unspecified atom stereocenters. The van der Waals surface area contributed by atoms with Crippen LogP contribution in [-0.4, -0.2) is 16.1 Å². The lowest BCUT2D eigenvalue weighted by Gasteiger charge is -2.36. The van der Waals surface area contributed by atoms with Crippen LogP contribution in [-0.2, 0) is 16.2 Å². The van der Waals surface area contributed by atoms with Gasteiger partial charge in [-0.25, -0.2) is 0 Å². The van der Waals surface area contributed by atoms with Crippen molar-refractivity contribution in [1.82, 2.24) is 0 Å². The molecule has 11 aromatic rings. The lowest BCUT2D eigenvalue weighted by molar-refractivity contribution is 0.590. The van der Waals surface area contributed by atoms with Gasteiger partial charge in [0.15, 0.2) is 0 Å². The SMILES string of the molecule is CC(C)(C)c1ccc(N(c2ccc([Si](C)(C)C)cc2)c2cc3c(c4ccccc24)-c2c(cc(N(c4ccc(C(C)(C)C)cc4)c4ccc([Si](C)(C)C)cc4)c4c2oc2ccccc24)C3(c2ccccc2)c2ccccc2)cc1. The fourth-order valence-electron chi connectivity index (χ4n) is 12.3. The highest BCUT2D eigenvalue weighted by atomic mass is 28.3. The minimum absolute atomic E-state index is 0.00306. The highest BCUT2D eigenvalue weighted by Crippen LogP contribution is 2.63. The van der Waals surface area contributed by atoms with E-state index in [4.69, 9.17) is 4.42 Å². The monoisotopic (exact) mass is 1050 g/mol. The number of para-hydroxylation sites is 1. The molecule has 0 atom stereocenters. The summed E-state index contributed by atoms with van der Waals surface area (Å²) in [5, 5.41) is 7.40. The molecule has 0 bridgehead atoms. The van der Waals surface area contributed by atoms with Gasteiger partial charge in [0.25, 0.3) is 0 Å². The molecule has 5 heteroatoms. The highest BCUT2D eigenvalue weighted by molar-refractivity contribution is 6.89. The summed E-state index contributed by atoms with van der Waals surface area (Å²) in [6.07, 6.45) is 0. The Morgan fingerprint density at radius 1 is 0.372 bits per heavy atom. The van der Waals surface area contributed by atoms with Gasteiger partial charge >= 0.3 is 0 Å². The van der Waals surface area contributed by atoms with Crippen molar-refractivity contribution in [2.75, 3.05) is 9.80 Å². The van der Waals surface area contributed by atoms with E-state index in [-0.39, 0.29) is 10.8 Å². The molecule has 0 spiro atoms. The second kappa shape index (κ2) is 18.7. The molecule has 12 rings (SSSR count). The quantitative estimate of drug-likeness (QED) is 0.127. The van der Waals surface area contributed by atoms with Gasteiger partial charge in [0, 0.05) is 39.1 Å². The molecule has 0 saturated carbocycles. The van der Waals surface area contributed by atoms with Crippen molar-refractivity contribution in [3.8, 4) is 11.1 Å². The van der Waals surface area contributed by atoms with Crippen molar-refractivity contribution >= 4 is 93.4 Å². The summed E-state index contributed by atoms with van der Waals surface area (Å²) in [7, 11) is -3.23. The molecule has 388 valence electrons. The summed E-state index contributed by atoms with van der Waals surface area (Å²) >= 11 is 0. The lowest BCUT2D eigenvalue weighted by Crippen LogP contribution is -2.37. The van der Waals surface area contributed by atoms with E-state index in [0.717, 1.165) is 61.6 Å². The minimum atomic E-state index is -1.63. The van der Waals surface area contributed by atoms with Gasteiger partial charge in [0.1, 0.15) is 11.2 Å². The zero-order chi connectivity index (χ0) is 54.5. The normalized spacial score (nSPS) is 13.5. The molecule has 0 aliphatic heterocycles. The number of benzene rings is 10. The van der Waals surface area contributed by atoms with E-state index in [1.807, 2.05) is 0 Å². The number of fused-ring (bicyclic) bond motifs is 9. The van der Waals surface area contributed by atoms with E-state index in [9.17, 15) is 0 Å². The molecule has 1 aromatic heterocycles. The fourth-order valence-corrected chi connectivity index (χ4v) is 14.6. The molecule has 0 fully saturated rings. The van der Waals surface area contributed by atoms with Crippen LogP contribution < -0.4 is 20.2 Å². The number of hydrogen-bond donors (Lipinski definition) is 0. The van der Waals surface area contributed by atoms with Crippen molar-refractivity contribution in [3.63, 3.8) is 0 Å². The van der Waals surface area contributed by atoms with Gasteiger partial charge in [-0.15, -0.1) is 0 Å². The van der Waals surface area contributed by atoms with E-state index in [1.165, 1.54) is 60.1 Å². The second-order valence-electron chi connectivity index (χ2n) is 25.8. The Kier molecular flexibility index (Phi) is 12.3. The Hall–Kier alpha value is -7.71. The third-order valence-electron chi connectivity index (χ3n) is 16.6. The first kappa shape index (κ1) is 51.1. The number of nitrogens with zero attached hydrogens (tertiary/aromatic N) is 2. The Labute approximate surface area is 464 Å². The summed E-state index contributed by atoms with van der Waals surface area (Å²) in [5.74, 6) is 0. The maximum absolute atomic E-state index is 7.52. The predicted octanol–water partition coefficient (Wildman–Crippen LogP) is 19.7. The molecule has 10 aromatic carbocycles. The summed E-state index contributed by atoms with van der Waals surface area (Å²) in [6, 6.07) is 82.9. The van der Waals surface area contributed by atoms with E-state index in [0.29, 0.717) is 0 Å². The first-order valence-corrected chi connectivity index (χ1v) is 34.9. The molecule has 0 saturated heterocycles. The Morgan fingerprint density at radius 2 is 0.744 bits per heavy atom. The number of rotatable bonds is 10. The van der Waals surface area contributed by atoms with Crippen LogP contribution in [0.4, 0.5) is 34.1 Å². The van der Waals surface area contributed by atoms with Gasteiger partial charge in [-0.3, -0.25) is 0 Å². The minimum Gasteiger partial charge on any atom is -0.455 e. The summed E-state index contributed by atoms with van der Waals surface area (Å²) in [4.78, 5) is 5.02. The van der Waals surface area contributed by atoms with Crippen LogP contribution in [0.3, 0.4) is 0 Å². The molecule has 0 amide bonds. The Morgan fingerprint density at radius 3 is 1.19 bits per heavy atom. The zero-order valence-corrected chi connectivity index (χ0v) is 49.6. The van der Waals surface area contributed by atoms with Gasteiger partial charge in [-0.2, -0.15) is 0 Å². The van der Waals surface area contributed by atoms with Crippen LogP contribution >= 0.6 is 0 Å². The first-order valence-electron chi connectivity index (χ1n) is 27.9. The van der Waals surface area contributed by atoms with E-state index < -0.39 is 21.6 Å². The summed E-state index contributed by atoms with van der Waals surface area (Å²) < 4.78 is 7.52. The topological polar surface area (TPSA) is 19.6 Å². The van der Waals surface area contributed by atoms with E-state index in [2.05, 4.69) is 309 Å². The van der Waals surface area contributed by atoms with Crippen molar-refractivity contribution in [3.05, 3.63) is 252 Å². The van der Waals surface area contributed by atoms with E-state index in [1.54, 1.807) is 0 Å².